The molecule has 1 aliphatic heterocycles. The van der Waals surface area contributed by atoms with Crippen molar-refractivity contribution in [2.75, 3.05) is 39.3 Å². The lowest BCUT2D eigenvalue weighted by Gasteiger charge is -2.34. The van der Waals surface area contributed by atoms with Crippen LogP contribution in [0.2, 0.25) is 0 Å². The first-order chi connectivity index (χ1) is 17.2. The van der Waals surface area contributed by atoms with Crippen LogP contribution in [-0.2, 0) is 11.2 Å². The number of pyridine rings is 1. The van der Waals surface area contributed by atoms with Crippen molar-refractivity contribution in [3.05, 3.63) is 95.1 Å². The van der Waals surface area contributed by atoms with Crippen LogP contribution in [0.1, 0.15) is 5.56 Å². The van der Waals surface area contributed by atoms with Gasteiger partial charge in [-0.3, -0.25) is 19.5 Å². The van der Waals surface area contributed by atoms with Crippen molar-refractivity contribution in [1.82, 2.24) is 14.8 Å². The molecule has 2 aromatic heterocycles. The van der Waals surface area contributed by atoms with Gasteiger partial charge in [-0.05, 0) is 41.8 Å². The first kappa shape index (κ1) is 22.8. The highest BCUT2D eigenvalue weighted by Gasteiger charge is 2.21. The number of amides is 1. The van der Waals surface area contributed by atoms with E-state index in [0.29, 0.717) is 35.4 Å². The van der Waals surface area contributed by atoms with E-state index in [1.807, 2.05) is 59.8 Å². The van der Waals surface area contributed by atoms with Crippen molar-refractivity contribution >= 4 is 16.9 Å². The summed E-state index contributed by atoms with van der Waals surface area (Å²) in [7, 11) is 0. The molecule has 178 valence electrons. The second-order valence-corrected chi connectivity index (χ2v) is 8.62. The van der Waals surface area contributed by atoms with E-state index in [1.165, 1.54) is 11.8 Å². The lowest BCUT2D eigenvalue weighted by atomic mass is 10.1. The molecular weight excluding hydrogens is 442 g/mol. The Kier molecular flexibility index (Phi) is 6.86. The number of hydrogen-bond acceptors (Lipinski definition) is 6. The lowest BCUT2D eigenvalue weighted by Crippen LogP contribution is -2.50. The normalized spacial score (nSPS) is 14.2. The summed E-state index contributed by atoms with van der Waals surface area (Å²) in [6, 6.07) is 18.6. The summed E-state index contributed by atoms with van der Waals surface area (Å²) in [6.45, 7) is 4.00. The van der Waals surface area contributed by atoms with Crippen molar-refractivity contribution in [3.63, 3.8) is 0 Å². The molecule has 0 saturated carbocycles. The number of carbonyl (C=O) groups excluding carboxylic acids is 1. The van der Waals surface area contributed by atoms with Crippen LogP contribution in [0.4, 0.5) is 0 Å². The fourth-order valence-electron chi connectivity index (χ4n) is 4.31. The minimum atomic E-state index is -0.0955. The Labute approximate surface area is 203 Å². The first-order valence-electron chi connectivity index (χ1n) is 11.8. The van der Waals surface area contributed by atoms with Gasteiger partial charge in [0, 0.05) is 51.2 Å². The Balaban J connectivity index is 1.14. The largest absolute Gasteiger partial charge is 0.484 e. The smallest absolute Gasteiger partial charge is 0.260 e. The van der Waals surface area contributed by atoms with Crippen molar-refractivity contribution in [2.45, 2.75) is 6.42 Å². The van der Waals surface area contributed by atoms with Gasteiger partial charge in [-0.25, -0.2) is 0 Å². The Morgan fingerprint density at radius 3 is 2.51 bits per heavy atom. The van der Waals surface area contributed by atoms with E-state index in [-0.39, 0.29) is 17.9 Å². The molecule has 1 saturated heterocycles. The topological polar surface area (TPSA) is 75.9 Å². The van der Waals surface area contributed by atoms with Crippen LogP contribution in [0.3, 0.4) is 0 Å². The molecule has 0 spiro atoms. The minimum absolute atomic E-state index is 0.0419. The van der Waals surface area contributed by atoms with E-state index >= 15 is 0 Å². The Hall–Kier alpha value is -3.97. The van der Waals surface area contributed by atoms with Gasteiger partial charge in [0.15, 0.2) is 12.0 Å². The number of benzene rings is 2. The molecule has 1 fully saturated rings. The van der Waals surface area contributed by atoms with Gasteiger partial charge in [0.05, 0.1) is 10.9 Å². The highest BCUT2D eigenvalue weighted by molar-refractivity contribution is 5.83. The van der Waals surface area contributed by atoms with E-state index in [0.717, 1.165) is 31.6 Å². The molecule has 1 amide bonds. The molecular formula is C28H27N3O4. The molecule has 0 radical (unpaired) electrons. The van der Waals surface area contributed by atoms with Gasteiger partial charge >= 0.3 is 0 Å². The summed E-state index contributed by atoms with van der Waals surface area (Å²) in [6.07, 6.45) is 6.09. The Morgan fingerprint density at radius 2 is 1.74 bits per heavy atom. The monoisotopic (exact) mass is 469 g/mol. The van der Waals surface area contributed by atoms with E-state index in [4.69, 9.17) is 9.15 Å². The molecule has 3 heterocycles. The molecule has 5 rings (SSSR count). The molecule has 0 aliphatic carbocycles. The number of carbonyl (C=O) groups is 1. The van der Waals surface area contributed by atoms with E-state index < -0.39 is 0 Å². The lowest BCUT2D eigenvalue weighted by molar-refractivity contribution is -0.135. The SMILES string of the molecule is O=C(COc1ccc2c(=O)c(-c3ccccc3)coc2c1)N1CCN(CCc2ccncc2)CC1. The second-order valence-electron chi connectivity index (χ2n) is 8.62. The molecule has 0 bridgehead atoms. The zero-order chi connectivity index (χ0) is 24.0. The summed E-state index contributed by atoms with van der Waals surface area (Å²) in [5, 5.41) is 0.480. The van der Waals surface area contributed by atoms with Gasteiger partial charge in [0.25, 0.3) is 5.91 Å². The molecule has 35 heavy (non-hydrogen) atoms. The number of aromatic nitrogens is 1. The highest BCUT2D eigenvalue weighted by Crippen LogP contribution is 2.23. The number of hydrogen-bond donors (Lipinski definition) is 0. The van der Waals surface area contributed by atoms with E-state index in [2.05, 4.69) is 9.88 Å². The van der Waals surface area contributed by atoms with Gasteiger partial charge < -0.3 is 14.1 Å². The molecule has 1 aliphatic rings. The molecule has 2 aromatic carbocycles. The van der Waals surface area contributed by atoms with Crippen molar-refractivity contribution in [2.24, 2.45) is 0 Å². The predicted octanol–water partition coefficient (Wildman–Crippen LogP) is 3.62. The van der Waals surface area contributed by atoms with Crippen LogP contribution in [0.5, 0.6) is 5.75 Å². The zero-order valence-corrected chi connectivity index (χ0v) is 19.4. The van der Waals surface area contributed by atoms with E-state index in [9.17, 15) is 9.59 Å². The summed E-state index contributed by atoms with van der Waals surface area (Å²) in [5.41, 5.74) is 2.94. The molecule has 7 heteroatoms. The van der Waals surface area contributed by atoms with Crippen molar-refractivity contribution < 1.29 is 13.9 Å². The quantitative estimate of drug-likeness (QED) is 0.412. The molecule has 0 atom stereocenters. The minimum Gasteiger partial charge on any atom is -0.484 e. The molecule has 4 aromatic rings. The van der Waals surface area contributed by atoms with Gasteiger partial charge in [-0.2, -0.15) is 0 Å². The third kappa shape index (κ3) is 5.41. The number of piperazine rings is 1. The number of nitrogens with zero attached hydrogens (tertiary/aromatic N) is 3. The number of ether oxygens (including phenoxy) is 1. The maximum absolute atomic E-state index is 12.9. The maximum atomic E-state index is 12.9. The predicted molar refractivity (Wildman–Crippen MR) is 134 cm³/mol. The summed E-state index contributed by atoms with van der Waals surface area (Å²) >= 11 is 0. The fourth-order valence-corrected chi connectivity index (χ4v) is 4.31. The van der Waals surface area contributed by atoms with Crippen LogP contribution < -0.4 is 10.2 Å². The maximum Gasteiger partial charge on any atom is 0.260 e. The third-order valence-corrected chi connectivity index (χ3v) is 6.38. The summed E-state index contributed by atoms with van der Waals surface area (Å²) < 4.78 is 11.5. The number of fused-ring (bicyclic) bond motifs is 1. The summed E-state index contributed by atoms with van der Waals surface area (Å²) in [5.74, 6) is 0.456. The standard InChI is InChI=1S/C28H27N3O4/c32-27(31-16-14-30(15-17-31)13-10-21-8-11-29-12-9-21)20-34-23-6-7-24-26(18-23)35-19-25(28(24)33)22-4-2-1-3-5-22/h1-9,11-12,18-19H,10,13-17,20H2. The molecule has 7 nitrogen and oxygen atoms in total. The van der Waals surface area contributed by atoms with Crippen LogP contribution in [0, 0.1) is 0 Å². The van der Waals surface area contributed by atoms with Gasteiger partial charge in [-0.15, -0.1) is 0 Å². The number of rotatable bonds is 7. The highest BCUT2D eigenvalue weighted by atomic mass is 16.5. The van der Waals surface area contributed by atoms with Crippen LogP contribution in [-0.4, -0.2) is 60.0 Å². The Morgan fingerprint density at radius 1 is 0.971 bits per heavy atom. The van der Waals surface area contributed by atoms with E-state index in [1.54, 1.807) is 18.2 Å². The van der Waals surface area contributed by atoms with Crippen molar-refractivity contribution in [1.29, 1.82) is 0 Å². The average Bonchev–Trinajstić information content (AvgIpc) is 2.92. The van der Waals surface area contributed by atoms with Gasteiger partial charge in [0.1, 0.15) is 17.6 Å². The summed E-state index contributed by atoms with van der Waals surface area (Å²) in [4.78, 5) is 33.8. The van der Waals surface area contributed by atoms with Gasteiger partial charge in [-0.1, -0.05) is 30.3 Å². The second kappa shape index (κ2) is 10.5. The Bertz CT molecular complexity index is 1350. The average molecular weight is 470 g/mol. The zero-order valence-electron chi connectivity index (χ0n) is 19.4. The van der Waals surface area contributed by atoms with Crippen molar-refractivity contribution in [3.8, 4) is 16.9 Å². The molecule has 0 N–H and O–H groups in total. The van der Waals surface area contributed by atoms with Crippen LogP contribution >= 0.6 is 0 Å². The third-order valence-electron chi connectivity index (χ3n) is 6.38. The van der Waals surface area contributed by atoms with Crippen LogP contribution in [0.15, 0.2) is 88.5 Å². The fraction of sp³-hybridized carbons (Fsp3) is 0.250. The first-order valence-corrected chi connectivity index (χ1v) is 11.8. The van der Waals surface area contributed by atoms with Gasteiger partial charge in [0.2, 0.25) is 0 Å². The molecule has 0 unspecified atom stereocenters. The van der Waals surface area contributed by atoms with Crippen LogP contribution in [0.25, 0.3) is 22.1 Å².